The number of ether oxygens (including phenoxy) is 1. The summed E-state index contributed by atoms with van der Waals surface area (Å²) in [6, 6.07) is 5.37. The van der Waals surface area contributed by atoms with Gasteiger partial charge in [0.25, 0.3) is 0 Å². The Balaban J connectivity index is 2.45. The highest BCUT2D eigenvalue weighted by atomic mass is 16.5. The second kappa shape index (κ2) is 5.03. The molecule has 0 unspecified atom stereocenters. The fraction of sp³-hybridized carbons (Fsp3) is 0.273. The Hall–Kier alpha value is -1.82. The third-order valence-electron chi connectivity index (χ3n) is 1.64. The second-order valence-electron chi connectivity index (χ2n) is 3.05. The summed E-state index contributed by atoms with van der Waals surface area (Å²) >= 11 is 0. The van der Waals surface area contributed by atoms with Crippen LogP contribution in [0.2, 0.25) is 0 Å². The van der Waals surface area contributed by atoms with Gasteiger partial charge in [0.1, 0.15) is 6.07 Å². The molecule has 1 aromatic rings. The molecule has 0 N–H and O–H groups in total. The van der Waals surface area contributed by atoms with Crippen LogP contribution < -0.4 is 4.74 Å². The molecule has 72 valence electrons. The van der Waals surface area contributed by atoms with E-state index in [1.165, 1.54) is 6.20 Å². The van der Waals surface area contributed by atoms with E-state index < -0.39 is 0 Å². The average molecular weight is 188 g/mol. The molecule has 3 heteroatoms. The lowest BCUT2D eigenvalue weighted by Gasteiger charge is -2.03. The van der Waals surface area contributed by atoms with Crippen molar-refractivity contribution in [2.45, 2.75) is 13.3 Å². The summed E-state index contributed by atoms with van der Waals surface area (Å²) in [5.41, 5.74) is 1.62. The van der Waals surface area contributed by atoms with Crippen molar-refractivity contribution in [2.75, 3.05) is 6.61 Å². The van der Waals surface area contributed by atoms with Gasteiger partial charge in [-0.15, -0.1) is 6.58 Å². The normalized spacial score (nSPS) is 9.14. The van der Waals surface area contributed by atoms with E-state index in [9.17, 15) is 0 Å². The Kier molecular flexibility index (Phi) is 3.69. The fourth-order valence-electron chi connectivity index (χ4n) is 0.862. The van der Waals surface area contributed by atoms with Gasteiger partial charge in [-0.2, -0.15) is 5.26 Å². The number of hydrogen-bond donors (Lipinski definition) is 0. The van der Waals surface area contributed by atoms with Gasteiger partial charge in [0.05, 0.1) is 12.2 Å². The maximum absolute atomic E-state index is 8.53. The van der Waals surface area contributed by atoms with Gasteiger partial charge in [-0.25, -0.2) is 4.98 Å². The second-order valence-corrected chi connectivity index (χ2v) is 3.05. The number of hydrogen-bond acceptors (Lipinski definition) is 3. The monoisotopic (exact) mass is 188 g/mol. The van der Waals surface area contributed by atoms with Crippen LogP contribution in [0.4, 0.5) is 0 Å². The average Bonchev–Trinajstić information content (AvgIpc) is 2.18. The van der Waals surface area contributed by atoms with Crippen LogP contribution in [0, 0.1) is 11.3 Å². The Morgan fingerprint density at radius 2 is 2.43 bits per heavy atom. The zero-order chi connectivity index (χ0) is 10.4. The standard InChI is InChI=1S/C11H12N2O/c1-9(2)5-6-14-11-4-3-10(7-12)8-13-11/h3-4,8H,1,5-6H2,2H3. The van der Waals surface area contributed by atoms with Gasteiger partial charge in [0, 0.05) is 18.7 Å². The van der Waals surface area contributed by atoms with Gasteiger partial charge >= 0.3 is 0 Å². The quantitative estimate of drug-likeness (QED) is 0.681. The molecule has 0 spiro atoms. The minimum Gasteiger partial charge on any atom is -0.477 e. The SMILES string of the molecule is C=C(C)CCOc1ccc(C#N)cn1. The van der Waals surface area contributed by atoms with E-state index in [1.54, 1.807) is 12.1 Å². The first kappa shape index (κ1) is 10.3. The summed E-state index contributed by atoms with van der Waals surface area (Å²) in [7, 11) is 0. The van der Waals surface area contributed by atoms with Crippen LogP contribution in [0.25, 0.3) is 0 Å². The largest absolute Gasteiger partial charge is 0.477 e. The summed E-state index contributed by atoms with van der Waals surface area (Å²) in [4.78, 5) is 3.97. The first-order valence-corrected chi connectivity index (χ1v) is 4.35. The lowest BCUT2D eigenvalue weighted by molar-refractivity contribution is 0.309. The van der Waals surface area contributed by atoms with E-state index in [4.69, 9.17) is 10.00 Å². The molecule has 0 saturated heterocycles. The summed E-state index contributed by atoms with van der Waals surface area (Å²) in [5.74, 6) is 0.547. The number of pyridine rings is 1. The van der Waals surface area contributed by atoms with Crippen molar-refractivity contribution in [3.05, 3.63) is 36.0 Å². The fourth-order valence-corrected chi connectivity index (χ4v) is 0.862. The van der Waals surface area contributed by atoms with Crippen LogP contribution in [0.3, 0.4) is 0 Å². The highest BCUT2D eigenvalue weighted by Gasteiger charge is 1.95. The van der Waals surface area contributed by atoms with Crippen molar-refractivity contribution in [2.24, 2.45) is 0 Å². The highest BCUT2D eigenvalue weighted by molar-refractivity contribution is 5.28. The molecule has 0 aromatic carbocycles. The number of rotatable bonds is 4. The van der Waals surface area contributed by atoms with Gasteiger partial charge in [-0.1, -0.05) is 5.57 Å². The molecule has 1 rings (SSSR count). The summed E-state index contributed by atoms with van der Waals surface area (Å²) in [6.45, 7) is 6.30. The maximum Gasteiger partial charge on any atom is 0.213 e. The molecule has 0 aliphatic rings. The molecule has 3 nitrogen and oxygen atoms in total. The van der Waals surface area contributed by atoms with E-state index in [0.29, 0.717) is 18.1 Å². The van der Waals surface area contributed by atoms with E-state index in [1.807, 2.05) is 13.0 Å². The van der Waals surface area contributed by atoms with Crippen LogP contribution in [-0.4, -0.2) is 11.6 Å². The van der Waals surface area contributed by atoms with Gasteiger partial charge in [0.15, 0.2) is 0 Å². The van der Waals surface area contributed by atoms with Crippen molar-refractivity contribution >= 4 is 0 Å². The minimum atomic E-state index is 0.539. The Bertz CT molecular complexity index is 349. The van der Waals surface area contributed by atoms with Crippen LogP contribution in [0.1, 0.15) is 18.9 Å². The molecular weight excluding hydrogens is 176 g/mol. The van der Waals surface area contributed by atoms with Crippen LogP contribution in [-0.2, 0) is 0 Å². The van der Waals surface area contributed by atoms with Crippen molar-refractivity contribution in [3.8, 4) is 11.9 Å². The molecule has 0 bridgehead atoms. The lowest BCUT2D eigenvalue weighted by atomic mass is 10.3. The van der Waals surface area contributed by atoms with Crippen LogP contribution in [0.15, 0.2) is 30.5 Å². The summed E-state index contributed by atoms with van der Waals surface area (Å²) in [6.07, 6.45) is 2.32. The molecule has 1 aromatic heterocycles. The third-order valence-corrected chi connectivity index (χ3v) is 1.64. The van der Waals surface area contributed by atoms with Gasteiger partial charge in [-0.3, -0.25) is 0 Å². The topological polar surface area (TPSA) is 45.9 Å². The maximum atomic E-state index is 8.53. The molecule has 0 aliphatic carbocycles. The first-order valence-electron chi connectivity index (χ1n) is 4.35. The molecule has 0 radical (unpaired) electrons. The number of nitriles is 1. The Labute approximate surface area is 83.7 Å². The van der Waals surface area contributed by atoms with Gasteiger partial charge in [-0.05, 0) is 13.0 Å². The number of nitrogens with zero attached hydrogens (tertiary/aromatic N) is 2. The van der Waals surface area contributed by atoms with Crippen molar-refractivity contribution in [1.29, 1.82) is 5.26 Å². The molecule has 1 heterocycles. The molecule has 14 heavy (non-hydrogen) atoms. The molecular formula is C11H12N2O. The Morgan fingerprint density at radius 1 is 1.64 bits per heavy atom. The van der Waals surface area contributed by atoms with Crippen molar-refractivity contribution < 1.29 is 4.74 Å². The predicted octanol–water partition coefficient (Wildman–Crippen LogP) is 2.30. The van der Waals surface area contributed by atoms with E-state index in [-0.39, 0.29) is 0 Å². The van der Waals surface area contributed by atoms with E-state index in [0.717, 1.165) is 12.0 Å². The molecule has 0 fully saturated rings. The smallest absolute Gasteiger partial charge is 0.213 e. The predicted molar refractivity (Wildman–Crippen MR) is 53.9 cm³/mol. The summed E-state index contributed by atoms with van der Waals surface area (Å²) in [5, 5.41) is 8.53. The highest BCUT2D eigenvalue weighted by Crippen LogP contribution is 2.07. The molecule has 0 atom stereocenters. The minimum absolute atomic E-state index is 0.539. The van der Waals surface area contributed by atoms with Gasteiger partial charge in [0.2, 0.25) is 5.88 Å². The lowest BCUT2D eigenvalue weighted by Crippen LogP contribution is -1.99. The third kappa shape index (κ3) is 3.28. The molecule has 0 amide bonds. The number of aromatic nitrogens is 1. The first-order chi connectivity index (χ1) is 6.72. The van der Waals surface area contributed by atoms with Crippen molar-refractivity contribution in [1.82, 2.24) is 4.98 Å². The van der Waals surface area contributed by atoms with Crippen LogP contribution >= 0.6 is 0 Å². The van der Waals surface area contributed by atoms with Crippen LogP contribution in [0.5, 0.6) is 5.88 Å². The molecule has 0 saturated carbocycles. The van der Waals surface area contributed by atoms with E-state index in [2.05, 4.69) is 11.6 Å². The van der Waals surface area contributed by atoms with E-state index >= 15 is 0 Å². The zero-order valence-corrected chi connectivity index (χ0v) is 8.16. The zero-order valence-electron chi connectivity index (χ0n) is 8.16. The Morgan fingerprint density at radius 3 is 2.93 bits per heavy atom. The van der Waals surface area contributed by atoms with Gasteiger partial charge < -0.3 is 4.74 Å². The van der Waals surface area contributed by atoms with Crippen molar-refractivity contribution in [3.63, 3.8) is 0 Å². The summed E-state index contributed by atoms with van der Waals surface area (Å²) < 4.78 is 5.33. The molecule has 0 aliphatic heterocycles.